The van der Waals surface area contributed by atoms with Gasteiger partial charge in [0.2, 0.25) is 11.5 Å². The van der Waals surface area contributed by atoms with Crippen molar-refractivity contribution in [1.82, 2.24) is 0 Å². The lowest BCUT2D eigenvalue weighted by molar-refractivity contribution is -0.137. The van der Waals surface area contributed by atoms with Crippen LogP contribution in [0.5, 0.6) is 28.7 Å². The summed E-state index contributed by atoms with van der Waals surface area (Å²) >= 11 is 4.01. The van der Waals surface area contributed by atoms with E-state index in [1.165, 1.54) is 18.2 Å². The first-order valence-electron chi connectivity index (χ1n) is 6.49. The van der Waals surface area contributed by atoms with Crippen LogP contribution in [-0.4, -0.2) is 31.3 Å². The number of phenolic OH excluding ortho intramolecular Hbond substituents is 4. The zero-order valence-electron chi connectivity index (χ0n) is 11.5. The van der Waals surface area contributed by atoms with E-state index in [2.05, 4.69) is 12.6 Å². The molecule has 0 fully saturated rings. The lowest BCUT2D eigenvalue weighted by Gasteiger charge is -2.29. The fourth-order valence-electron chi connectivity index (χ4n) is 2.40. The number of aliphatic hydroxyl groups excluding tert-OH is 1. The van der Waals surface area contributed by atoms with Crippen LogP contribution in [0.4, 0.5) is 0 Å². The van der Waals surface area contributed by atoms with Crippen LogP contribution in [0.15, 0.2) is 29.2 Å². The molecule has 1 heterocycles. The summed E-state index contributed by atoms with van der Waals surface area (Å²) in [6.45, 7) is 0. The Labute approximate surface area is 135 Å². The second-order valence-corrected chi connectivity index (χ2v) is 5.50. The Morgan fingerprint density at radius 3 is 2.39 bits per heavy atom. The second-order valence-electron chi connectivity index (χ2n) is 5.06. The van der Waals surface area contributed by atoms with E-state index >= 15 is 0 Å². The van der Waals surface area contributed by atoms with Gasteiger partial charge in [0.25, 0.3) is 0 Å². The van der Waals surface area contributed by atoms with E-state index in [1.807, 2.05) is 0 Å². The quantitative estimate of drug-likeness (QED) is 0.344. The molecule has 2 unspecified atom stereocenters. The summed E-state index contributed by atoms with van der Waals surface area (Å²) in [5.74, 6) is -2.92. The summed E-state index contributed by atoms with van der Waals surface area (Å²) in [6, 6.07) is 4.91. The highest BCUT2D eigenvalue weighted by molar-refractivity contribution is 7.80. The molecule has 0 aromatic heterocycles. The van der Waals surface area contributed by atoms with Crippen molar-refractivity contribution in [3.05, 3.63) is 35.4 Å². The zero-order chi connectivity index (χ0) is 16.9. The van der Waals surface area contributed by atoms with E-state index in [-0.39, 0.29) is 27.5 Å². The van der Waals surface area contributed by atoms with Gasteiger partial charge in [-0.25, -0.2) is 0 Å². The van der Waals surface area contributed by atoms with Gasteiger partial charge in [0.05, 0.1) is 4.90 Å². The molecule has 0 aliphatic carbocycles. The van der Waals surface area contributed by atoms with Gasteiger partial charge in [0, 0.05) is 17.2 Å². The molecule has 0 saturated heterocycles. The summed E-state index contributed by atoms with van der Waals surface area (Å²) in [6.07, 6.45) is -2.88. The fourth-order valence-corrected chi connectivity index (χ4v) is 2.69. The maximum absolute atomic E-state index is 12.3. The minimum absolute atomic E-state index is 0.0285. The average Bonchev–Trinajstić information content (AvgIpc) is 2.52. The molecule has 5 N–H and O–H groups in total. The smallest absolute Gasteiger partial charge is 0.210 e. The van der Waals surface area contributed by atoms with Crippen molar-refractivity contribution in [2.45, 2.75) is 17.1 Å². The molecular formula is C15H12O7S. The number of hydrogen-bond acceptors (Lipinski definition) is 8. The van der Waals surface area contributed by atoms with Crippen LogP contribution < -0.4 is 4.74 Å². The number of ketones is 1. The summed E-state index contributed by atoms with van der Waals surface area (Å²) in [4.78, 5) is 12.2. The van der Waals surface area contributed by atoms with Gasteiger partial charge in [-0.05, 0) is 18.2 Å². The number of rotatable bonds is 1. The molecule has 0 spiro atoms. The molecule has 2 aromatic carbocycles. The second kappa shape index (κ2) is 5.25. The molecule has 0 radical (unpaired) electrons. The monoisotopic (exact) mass is 336 g/mol. The molecule has 0 saturated carbocycles. The lowest BCUT2D eigenvalue weighted by atomic mass is 9.93. The van der Waals surface area contributed by atoms with E-state index in [4.69, 9.17) is 4.74 Å². The van der Waals surface area contributed by atoms with Gasteiger partial charge in [0.15, 0.2) is 17.6 Å². The molecule has 7 nitrogen and oxygen atoms in total. The van der Waals surface area contributed by atoms with E-state index in [0.717, 1.165) is 6.07 Å². The number of aromatic hydroxyl groups is 4. The van der Waals surface area contributed by atoms with Crippen LogP contribution in [0.2, 0.25) is 0 Å². The number of fused-ring (bicyclic) bond motifs is 1. The van der Waals surface area contributed by atoms with Crippen LogP contribution in [0, 0.1) is 0 Å². The molecule has 2 atom stereocenters. The number of carbonyl (C=O) groups is 1. The van der Waals surface area contributed by atoms with Crippen molar-refractivity contribution >= 4 is 18.4 Å². The highest BCUT2D eigenvalue weighted by Gasteiger charge is 2.38. The van der Waals surface area contributed by atoms with Gasteiger partial charge in [0.1, 0.15) is 17.6 Å². The van der Waals surface area contributed by atoms with Crippen LogP contribution in [0.3, 0.4) is 0 Å². The molecule has 0 amide bonds. The van der Waals surface area contributed by atoms with Crippen molar-refractivity contribution in [3.8, 4) is 28.7 Å². The van der Waals surface area contributed by atoms with Crippen molar-refractivity contribution in [2.24, 2.45) is 0 Å². The standard InChI is InChI=1S/C15H12O7S/c16-5-1-2-6-9(3-5)22-14(12(20)10(6)18)7-4-8(17)11(19)13(21)15(7)23/h1-4,10,14,16-19,21,23H. The zero-order valence-corrected chi connectivity index (χ0v) is 12.4. The number of ether oxygens (including phenoxy) is 1. The van der Waals surface area contributed by atoms with E-state index in [0.29, 0.717) is 0 Å². The van der Waals surface area contributed by atoms with E-state index < -0.39 is 35.2 Å². The van der Waals surface area contributed by atoms with Gasteiger partial charge < -0.3 is 30.3 Å². The molecule has 3 rings (SSSR count). The topological polar surface area (TPSA) is 127 Å². The minimum Gasteiger partial charge on any atom is -0.508 e. The summed E-state index contributed by atoms with van der Waals surface area (Å²) in [5.41, 5.74) is 0.163. The number of thiol groups is 1. The first-order chi connectivity index (χ1) is 10.8. The van der Waals surface area contributed by atoms with Gasteiger partial charge in [-0.1, -0.05) is 0 Å². The third-order valence-corrected chi connectivity index (χ3v) is 4.07. The van der Waals surface area contributed by atoms with E-state index in [1.54, 1.807) is 0 Å². The third-order valence-electron chi connectivity index (χ3n) is 3.60. The summed E-state index contributed by atoms with van der Waals surface area (Å²) in [5, 5.41) is 48.4. The molecule has 1 aliphatic heterocycles. The first-order valence-corrected chi connectivity index (χ1v) is 6.94. The van der Waals surface area contributed by atoms with Gasteiger partial charge in [-0.15, -0.1) is 12.6 Å². The van der Waals surface area contributed by atoms with Crippen LogP contribution in [0.25, 0.3) is 0 Å². The van der Waals surface area contributed by atoms with Crippen molar-refractivity contribution in [3.63, 3.8) is 0 Å². The predicted molar refractivity (Wildman–Crippen MR) is 80.1 cm³/mol. The number of Topliss-reactive ketones (excluding diaryl/α,β-unsaturated/α-hetero) is 1. The minimum atomic E-state index is -1.50. The number of carbonyl (C=O) groups excluding carboxylic acids is 1. The molecule has 8 heteroatoms. The van der Waals surface area contributed by atoms with Gasteiger partial charge in [-0.3, -0.25) is 4.79 Å². The Hall–Kier alpha value is -2.58. The van der Waals surface area contributed by atoms with Gasteiger partial charge in [-0.2, -0.15) is 0 Å². The van der Waals surface area contributed by atoms with Crippen molar-refractivity contribution < 1.29 is 35.1 Å². The Kier molecular flexibility index (Phi) is 3.50. The highest BCUT2D eigenvalue weighted by Crippen LogP contribution is 2.47. The maximum Gasteiger partial charge on any atom is 0.210 e. The number of phenols is 4. The highest BCUT2D eigenvalue weighted by atomic mass is 32.1. The fraction of sp³-hybridized carbons (Fsp3) is 0.133. The molecule has 120 valence electrons. The SMILES string of the molecule is O=C1C(O)c2ccc(O)cc2OC1c1cc(O)c(O)c(O)c1S. The molecule has 1 aliphatic rings. The molecule has 0 bridgehead atoms. The van der Waals surface area contributed by atoms with Crippen LogP contribution in [0.1, 0.15) is 23.3 Å². The van der Waals surface area contributed by atoms with Crippen molar-refractivity contribution in [1.29, 1.82) is 0 Å². The van der Waals surface area contributed by atoms with E-state index in [9.17, 15) is 30.3 Å². The molecule has 2 aromatic rings. The van der Waals surface area contributed by atoms with Crippen LogP contribution in [-0.2, 0) is 4.79 Å². The van der Waals surface area contributed by atoms with Crippen molar-refractivity contribution in [2.75, 3.05) is 0 Å². The number of aliphatic hydroxyl groups is 1. The molecular weight excluding hydrogens is 324 g/mol. The Morgan fingerprint density at radius 2 is 1.70 bits per heavy atom. The Bertz CT molecular complexity index is 818. The summed E-state index contributed by atoms with van der Waals surface area (Å²) < 4.78 is 5.49. The van der Waals surface area contributed by atoms with Crippen LogP contribution >= 0.6 is 12.6 Å². The molecule has 23 heavy (non-hydrogen) atoms. The van der Waals surface area contributed by atoms with Gasteiger partial charge >= 0.3 is 0 Å². The Morgan fingerprint density at radius 1 is 1.00 bits per heavy atom. The first kappa shape index (κ1) is 15.3. The largest absolute Gasteiger partial charge is 0.508 e. The third kappa shape index (κ3) is 2.32. The maximum atomic E-state index is 12.3. The summed E-state index contributed by atoms with van der Waals surface area (Å²) in [7, 11) is 0. The average molecular weight is 336 g/mol. The number of hydrogen-bond donors (Lipinski definition) is 6. The Balaban J connectivity index is 2.13. The lowest BCUT2D eigenvalue weighted by Crippen LogP contribution is -2.30. The normalized spacial score (nSPS) is 20.0. The number of benzene rings is 2. The predicted octanol–water partition coefficient (Wildman–Crippen LogP) is 1.53.